The molecular formula is C13H18FNOS. The van der Waals surface area contributed by atoms with Gasteiger partial charge in [-0.25, -0.2) is 4.39 Å². The van der Waals surface area contributed by atoms with Crippen molar-refractivity contribution in [3.8, 4) is 0 Å². The van der Waals surface area contributed by atoms with Gasteiger partial charge < -0.3 is 10.0 Å². The maximum Gasteiger partial charge on any atom is 0.123 e. The van der Waals surface area contributed by atoms with Gasteiger partial charge in [0, 0.05) is 35.3 Å². The molecule has 4 heteroatoms. The van der Waals surface area contributed by atoms with Crippen LogP contribution >= 0.6 is 11.8 Å². The minimum absolute atomic E-state index is 0.288. The van der Waals surface area contributed by atoms with Crippen LogP contribution in [0.2, 0.25) is 0 Å². The first kappa shape index (κ1) is 12.7. The maximum atomic E-state index is 13.2. The fourth-order valence-electron chi connectivity index (χ4n) is 2.21. The van der Waals surface area contributed by atoms with E-state index in [0.717, 1.165) is 23.7 Å². The standard InChI is InChI=1S/C13H18FNOS/c1-9-8-17-6-5-15(9)13-4-3-11(14)7-12(13)10(2)16/h3-4,7,9-10,16H,5-6,8H2,1-2H3. The van der Waals surface area contributed by atoms with Gasteiger partial charge in [0.15, 0.2) is 0 Å². The van der Waals surface area contributed by atoms with Crippen molar-refractivity contribution in [3.63, 3.8) is 0 Å². The van der Waals surface area contributed by atoms with Crippen LogP contribution in [0.4, 0.5) is 10.1 Å². The summed E-state index contributed by atoms with van der Waals surface area (Å²) in [6.45, 7) is 4.81. The second-order valence-corrected chi connectivity index (χ2v) is 5.65. The van der Waals surface area contributed by atoms with Crippen LogP contribution in [-0.4, -0.2) is 29.2 Å². The van der Waals surface area contributed by atoms with Crippen LogP contribution in [0, 0.1) is 5.82 Å². The summed E-state index contributed by atoms with van der Waals surface area (Å²) in [6.07, 6.45) is -0.637. The second-order valence-electron chi connectivity index (χ2n) is 4.50. The summed E-state index contributed by atoms with van der Waals surface area (Å²) in [5, 5.41) is 9.75. The minimum atomic E-state index is -0.637. The molecule has 2 atom stereocenters. The van der Waals surface area contributed by atoms with Crippen molar-refractivity contribution in [2.24, 2.45) is 0 Å². The van der Waals surface area contributed by atoms with Crippen molar-refractivity contribution in [1.82, 2.24) is 0 Å². The smallest absolute Gasteiger partial charge is 0.123 e. The van der Waals surface area contributed by atoms with Gasteiger partial charge in [-0.15, -0.1) is 0 Å². The summed E-state index contributed by atoms with van der Waals surface area (Å²) >= 11 is 1.94. The predicted octanol–water partition coefficient (Wildman–Crippen LogP) is 2.82. The largest absolute Gasteiger partial charge is 0.389 e. The number of hydrogen-bond donors (Lipinski definition) is 1. The summed E-state index contributed by atoms with van der Waals surface area (Å²) in [4.78, 5) is 2.26. The summed E-state index contributed by atoms with van der Waals surface area (Å²) < 4.78 is 13.2. The monoisotopic (exact) mass is 255 g/mol. The summed E-state index contributed by atoms with van der Waals surface area (Å²) in [5.41, 5.74) is 1.65. The van der Waals surface area contributed by atoms with E-state index < -0.39 is 6.10 Å². The summed E-state index contributed by atoms with van der Waals surface area (Å²) in [6, 6.07) is 5.12. The Morgan fingerprint density at radius 1 is 1.53 bits per heavy atom. The molecule has 1 saturated heterocycles. The Bertz CT molecular complexity index is 397. The van der Waals surface area contributed by atoms with E-state index in [-0.39, 0.29) is 5.82 Å². The van der Waals surface area contributed by atoms with Gasteiger partial charge in [-0.05, 0) is 32.0 Å². The fraction of sp³-hybridized carbons (Fsp3) is 0.538. The number of benzene rings is 1. The first-order valence-corrected chi connectivity index (χ1v) is 7.07. The molecule has 2 rings (SSSR count). The van der Waals surface area contributed by atoms with Crippen molar-refractivity contribution < 1.29 is 9.50 Å². The van der Waals surface area contributed by atoms with Gasteiger partial charge in [0.2, 0.25) is 0 Å². The molecule has 0 saturated carbocycles. The average Bonchev–Trinajstić information content (AvgIpc) is 2.30. The van der Waals surface area contributed by atoms with E-state index in [2.05, 4.69) is 11.8 Å². The van der Waals surface area contributed by atoms with E-state index in [0.29, 0.717) is 11.6 Å². The Morgan fingerprint density at radius 3 is 2.94 bits per heavy atom. The van der Waals surface area contributed by atoms with Crippen molar-refractivity contribution in [2.75, 3.05) is 23.0 Å². The summed E-state index contributed by atoms with van der Waals surface area (Å²) in [5.74, 6) is 1.88. The molecule has 1 aliphatic rings. The molecule has 0 radical (unpaired) electrons. The van der Waals surface area contributed by atoms with E-state index in [1.54, 1.807) is 13.0 Å². The van der Waals surface area contributed by atoms with Crippen molar-refractivity contribution >= 4 is 17.4 Å². The Labute approximate surface area is 106 Å². The molecule has 2 nitrogen and oxygen atoms in total. The third kappa shape index (κ3) is 2.75. The highest BCUT2D eigenvalue weighted by Gasteiger charge is 2.22. The molecule has 1 aliphatic heterocycles. The molecule has 0 aliphatic carbocycles. The van der Waals surface area contributed by atoms with Crippen LogP contribution in [-0.2, 0) is 0 Å². The number of hydrogen-bond acceptors (Lipinski definition) is 3. The lowest BCUT2D eigenvalue weighted by atomic mass is 10.1. The molecule has 0 spiro atoms. The zero-order valence-corrected chi connectivity index (χ0v) is 11.0. The van der Waals surface area contributed by atoms with Gasteiger partial charge >= 0.3 is 0 Å². The van der Waals surface area contributed by atoms with Gasteiger partial charge in [0.1, 0.15) is 5.82 Å². The fourth-order valence-corrected chi connectivity index (χ4v) is 3.22. The van der Waals surface area contributed by atoms with Gasteiger partial charge in [0.05, 0.1) is 6.10 Å². The molecule has 2 unspecified atom stereocenters. The number of aliphatic hydroxyl groups is 1. The Balaban J connectivity index is 2.36. The molecule has 1 aromatic rings. The van der Waals surface area contributed by atoms with E-state index in [9.17, 15) is 9.50 Å². The highest BCUT2D eigenvalue weighted by Crippen LogP contribution is 2.31. The lowest BCUT2D eigenvalue weighted by molar-refractivity contribution is 0.199. The molecule has 0 amide bonds. The minimum Gasteiger partial charge on any atom is -0.389 e. The van der Waals surface area contributed by atoms with Crippen LogP contribution in [0.25, 0.3) is 0 Å². The molecule has 1 aromatic carbocycles. The van der Waals surface area contributed by atoms with E-state index in [1.807, 2.05) is 11.8 Å². The lowest BCUT2D eigenvalue weighted by Gasteiger charge is -2.36. The third-order valence-corrected chi connectivity index (χ3v) is 4.31. The molecule has 0 aromatic heterocycles. The lowest BCUT2D eigenvalue weighted by Crippen LogP contribution is -2.41. The van der Waals surface area contributed by atoms with Crippen LogP contribution in [0.5, 0.6) is 0 Å². The highest BCUT2D eigenvalue weighted by molar-refractivity contribution is 7.99. The number of nitrogens with zero attached hydrogens (tertiary/aromatic N) is 1. The normalized spacial score (nSPS) is 22.6. The first-order chi connectivity index (χ1) is 8.09. The quantitative estimate of drug-likeness (QED) is 0.879. The molecule has 0 bridgehead atoms. The molecule has 17 heavy (non-hydrogen) atoms. The van der Waals surface area contributed by atoms with Crippen molar-refractivity contribution in [1.29, 1.82) is 0 Å². The number of anilines is 1. The number of halogens is 1. The molecule has 1 N–H and O–H groups in total. The molecule has 94 valence electrons. The van der Waals surface area contributed by atoms with Crippen LogP contribution in [0.1, 0.15) is 25.5 Å². The third-order valence-electron chi connectivity index (χ3n) is 3.12. The number of aliphatic hydroxyl groups excluding tert-OH is 1. The Kier molecular flexibility index (Phi) is 3.94. The van der Waals surface area contributed by atoms with Gasteiger partial charge in [-0.1, -0.05) is 0 Å². The van der Waals surface area contributed by atoms with Gasteiger partial charge in [-0.3, -0.25) is 0 Å². The zero-order valence-electron chi connectivity index (χ0n) is 10.2. The first-order valence-electron chi connectivity index (χ1n) is 5.91. The molecule has 1 fully saturated rings. The van der Waals surface area contributed by atoms with Gasteiger partial charge in [0.25, 0.3) is 0 Å². The predicted molar refractivity (Wildman–Crippen MR) is 71.2 cm³/mol. The second kappa shape index (κ2) is 5.27. The molecular weight excluding hydrogens is 237 g/mol. The SMILES string of the molecule is CC(O)c1cc(F)ccc1N1CCSCC1C. The average molecular weight is 255 g/mol. The van der Waals surface area contributed by atoms with E-state index in [1.165, 1.54) is 12.1 Å². The van der Waals surface area contributed by atoms with E-state index in [4.69, 9.17) is 0 Å². The van der Waals surface area contributed by atoms with Crippen LogP contribution in [0.3, 0.4) is 0 Å². The maximum absolute atomic E-state index is 13.2. The van der Waals surface area contributed by atoms with Crippen molar-refractivity contribution in [3.05, 3.63) is 29.6 Å². The topological polar surface area (TPSA) is 23.5 Å². The van der Waals surface area contributed by atoms with Crippen LogP contribution in [0.15, 0.2) is 18.2 Å². The highest BCUT2D eigenvalue weighted by atomic mass is 32.2. The number of rotatable bonds is 2. The molecule has 1 heterocycles. The van der Waals surface area contributed by atoms with E-state index >= 15 is 0 Å². The Morgan fingerprint density at radius 2 is 2.29 bits per heavy atom. The van der Waals surface area contributed by atoms with Gasteiger partial charge in [-0.2, -0.15) is 11.8 Å². The zero-order chi connectivity index (χ0) is 12.4. The van der Waals surface area contributed by atoms with Crippen molar-refractivity contribution in [2.45, 2.75) is 26.0 Å². The summed E-state index contributed by atoms with van der Waals surface area (Å²) in [7, 11) is 0. The number of thioether (sulfide) groups is 1. The van der Waals surface area contributed by atoms with Crippen LogP contribution < -0.4 is 4.90 Å². The Hall–Kier alpha value is -0.740.